The Morgan fingerprint density at radius 1 is 1.23 bits per heavy atom. The Bertz CT molecular complexity index is 1000. The van der Waals surface area contributed by atoms with Crippen LogP contribution in [0.15, 0.2) is 36.8 Å². The Balaban J connectivity index is 1.24. The third kappa shape index (κ3) is 3.53. The molecule has 2 aromatic rings. The molecule has 4 heterocycles. The SMILES string of the molecule is N#Cc1ccc(N2C3CC[C@H]2CN(C(=O)COC2(c4ccncc4F)CCC2)C3)nc1. The Kier molecular flexibility index (Phi) is 5.06. The van der Waals surface area contributed by atoms with Gasteiger partial charge in [-0.15, -0.1) is 0 Å². The van der Waals surface area contributed by atoms with Crippen molar-refractivity contribution in [3.63, 3.8) is 0 Å². The lowest BCUT2D eigenvalue weighted by Gasteiger charge is -2.44. The number of carbonyl (C=O) groups excluding carboxylic acids is 1. The molecule has 7 nitrogen and oxygen atoms in total. The first-order valence-corrected chi connectivity index (χ1v) is 10.8. The van der Waals surface area contributed by atoms with Crippen LogP contribution >= 0.6 is 0 Å². The Morgan fingerprint density at radius 3 is 2.58 bits per heavy atom. The maximum Gasteiger partial charge on any atom is 0.248 e. The summed E-state index contributed by atoms with van der Waals surface area (Å²) in [6.07, 6.45) is 8.75. The molecule has 2 atom stereocenters. The fourth-order valence-corrected chi connectivity index (χ4v) is 5.11. The summed E-state index contributed by atoms with van der Waals surface area (Å²) < 4.78 is 20.3. The molecule has 1 saturated carbocycles. The van der Waals surface area contributed by atoms with Crippen molar-refractivity contribution in [2.45, 2.75) is 49.8 Å². The number of aromatic nitrogens is 2. The van der Waals surface area contributed by atoms with Gasteiger partial charge in [0.1, 0.15) is 24.3 Å². The molecule has 31 heavy (non-hydrogen) atoms. The van der Waals surface area contributed by atoms with Gasteiger partial charge in [0.05, 0.1) is 17.4 Å². The van der Waals surface area contributed by atoms with E-state index in [9.17, 15) is 9.18 Å². The number of halogens is 1. The van der Waals surface area contributed by atoms with Crippen molar-refractivity contribution >= 4 is 11.7 Å². The molecule has 0 aromatic carbocycles. The van der Waals surface area contributed by atoms with Gasteiger partial charge >= 0.3 is 0 Å². The second-order valence-electron chi connectivity index (χ2n) is 8.60. The topological polar surface area (TPSA) is 82.4 Å². The number of hydrogen-bond acceptors (Lipinski definition) is 6. The van der Waals surface area contributed by atoms with E-state index in [0.29, 0.717) is 37.1 Å². The number of ether oxygens (including phenoxy) is 1. The van der Waals surface area contributed by atoms with Gasteiger partial charge in [0.15, 0.2) is 0 Å². The van der Waals surface area contributed by atoms with E-state index in [1.807, 2.05) is 11.0 Å². The number of nitriles is 1. The van der Waals surface area contributed by atoms with Gasteiger partial charge in [0.2, 0.25) is 5.91 Å². The van der Waals surface area contributed by atoms with E-state index < -0.39 is 5.60 Å². The molecule has 2 saturated heterocycles. The highest BCUT2D eigenvalue weighted by Gasteiger charge is 2.44. The summed E-state index contributed by atoms with van der Waals surface area (Å²) in [5.74, 6) is 0.428. The number of fused-ring (bicyclic) bond motifs is 2. The Hall–Kier alpha value is -3.05. The number of likely N-dealkylation sites (tertiary alicyclic amines) is 1. The van der Waals surface area contributed by atoms with Gasteiger partial charge in [0.25, 0.3) is 0 Å². The minimum Gasteiger partial charge on any atom is -0.360 e. The van der Waals surface area contributed by atoms with Gasteiger partial charge in [-0.25, -0.2) is 9.37 Å². The fraction of sp³-hybridized carbons (Fsp3) is 0.478. The third-order valence-corrected chi connectivity index (χ3v) is 6.87. The molecule has 160 valence electrons. The van der Waals surface area contributed by atoms with Crippen molar-refractivity contribution in [2.75, 3.05) is 24.6 Å². The zero-order valence-corrected chi connectivity index (χ0v) is 17.2. The first kappa shape index (κ1) is 19.9. The van der Waals surface area contributed by atoms with Gasteiger partial charge in [-0.05, 0) is 50.3 Å². The number of amides is 1. The largest absolute Gasteiger partial charge is 0.360 e. The molecule has 3 aliphatic rings. The molecule has 0 radical (unpaired) electrons. The number of piperazine rings is 1. The van der Waals surface area contributed by atoms with Crippen LogP contribution in [0.3, 0.4) is 0 Å². The minimum absolute atomic E-state index is 0.0453. The normalized spacial score (nSPS) is 23.9. The first-order valence-electron chi connectivity index (χ1n) is 10.8. The van der Waals surface area contributed by atoms with Crippen molar-refractivity contribution in [1.29, 1.82) is 5.26 Å². The molecule has 0 spiro atoms. The van der Waals surface area contributed by atoms with Crippen LogP contribution in [0.2, 0.25) is 0 Å². The van der Waals surface area contributed by atoms with Gasteiger partial charge in [-0.3, -0.25) is 9.78 Å². The van der Waals surface area contributed by atoms with Crippen LogP contribution in [-0.4, -0.2) is 52.6 Å². The monoisotopic (exact) mass is 421 g/mol. The standard InChI is InChI=1S/C23H24FN5O2/c24-20-12-26-9-6-19(20)23(7-1-8-23)31-15-22(30)28-13-17-3-4-18(14-28)29(17)21-5-2-16(10-25)11-27-21/h2,5-6,9,11-12,17-18H,1,3-4,7-8,13-15H2/t17-,18?/m0/s1. The van der Waals surface area contributed by atoms with Crippen molar-refractivity contribution in [3.05, 3.63) is 53.7 Å². The van der Waals surface area contributed by atoms with Crippen LogP contribution in [0.25, 0.3) is 0 Å². The van der Waals surface area contributed by atoms with Gasteiger partial charge in [-0.2, -0.15) is 5.26 Å². The average molecular weight is 421 g/mol. The fourth-order valence-electron chi connectivity index (χ4n) is 5.11. The highest BCUT2D eigenvalue weighted by Crippen LogP contribution is 2.45. The number of nitrogens with zero attached hydrogens (tertiary/aromatic N) is 5. The molecule has 1 unspecified atom stereocenters. The van der Waals surface area contributed by atoms with Crippen LogP contribution in [0.1, 0.15) is 43.2 Å². The molecule has 8 heteroatoms. The summed E-state index contributed by atoms with van der Waals surface area (Å²) in [7, 11) is 0. The van der Waals surface area contributed by atoms with Crippen LogP contribution in [0.5, 0.6) is 0 Å². The van der Waals surface area contributed by atoms with Crippen molar-refractivity contribution in [2.24, 2.45) is 0 Å². The van der Waals surface area contributed by atoms with E-state index in [1.165, 1.54) is 6.20 Å². The van der Waals surface area contributed by atoms with E-state index in [4.69, 9.17) is 10.00 Å². The predicted molar refractivity (Wildman–Crippen MR) is 110 cm³/mol. The van der Waals surface area contributed by atoms with Gasteiger partial charge in [-0.1, -0.05) is 0 Å². The number of carbonyl (C=O) groups is 1. The Morgan fingerprint density at radius 2 is 2.00 bits per heavy atom. The van der Waals surface area contributed by atoms with Crippen LogP contribution in [0.4, 0.5) is 10.2 Å². The molecule has 1 amide bonds. The molecule has 2 aliphatic heterocycles. The van der Waals surface area contributed by atoms with Crippen LogP contribution in [-0.2, 0) is 15.1 Å². The lowest BCUT2D eigenvalue weighted by Crippen LogP contribution is -2.56. The van der Waals surface area contributed by atoms with Gasteiger partial charge in [0, 0.05) is 43.1 Å². The molecule has 5 rings (SSSR count). The summed E-state index contributed by atoms with van der Waals surface area (Å²) in [6, 6.07) is 7.83. The summed E-state index contributed by atoms with van der Waals surface area (Å²) in [5.41, 5.74) is 0.326. The number of pyridine rings is 2. The second-order valence-corrected chi connectivity index (χ2v) is 8.60. The smallest absolute Gasteiger partial charge is 0.248 e. The zero-order valence-electron chi connectivity index (χ0n) is 17.2. The quantitative estimate of drug-likeness (QED) is 0.738. The average Bonchev–Trinajstić information content (AvgIpc) is 3.03. The van der Waals surface area contributed by atoms with Crippen molar-refractivity contribution in [1.82, 2.24) is 14.9 Å². The maximum absolute atomic E-state index is 14.3. The maximum atomic E-state index is 14.3. The highest BCUT2D eigenvalue weighted by molar-refractivity contribution is 5.78. The summed E-state index contributed by atoms with van der Waals surface area (Å²) in [5, 5.41) is 8.99. The van der Waals surface area contributed by atoms with Crippen molar-refractivity contribution in [3.8, 4) is 6.07 Å². The van der Waals surface area contributed by atoms with E-state index in [-0.39, 0.29) is 30.4 Å². The van der Waals surface area contributed by atoms with E-state index in [0.717, 1.165) is 25.1 Å². The molecule has 0 N–H and O–H groups in total. The lowest BCUT2D eigenvalue weighted by molar-refractivity contribution is -0.155. The molecule has 1 aliphatic carbocycles. The number of anilines is 1. The van der Waals surface area contributed by atoms with E-state index in [1.54, 1.807) is 24.5 Å². The molecular formula is C23H24FN5O2. The molecule has 2 bridgehead atoms. The number of rotatable bonds is 5. The summed E-state index contributed by atoms with van der Waals surface area (Å²) in [4.78, 5) is 25.4. The molecular weight excluding hydrogens is 397 g/mol. The summed E-state index contributed by atoms with van der Waals surface area (Å²) >= 11 is 0. The van der Waals surface area contributed by atoms with Crippen LogP contribution in [0, 0.1) is 17.1 Å². The van der Waals surface area contributed by atoms with Crippen LogP contribution < -0.4 is 4.90 Å². The highest BCUT2D eigenvalue weighted by atomic mass is 19.1. The van der Waals surface area contributed by atoms with E-state index >= 15 is 0 Å². The lowest BCUT2D eigenvalue weighted by atomic mass is 9.75. The zero-order chi connectivity index (χ0) is 21.4. The minimum atomic E-state index is -0.712. The molecule has 3 fully saturated rings. The Labute approximate surface area is 180 Å². The first-order chi connectivity index (χ1) is 15.1. The number of hydrogen-bond donors (Lipinski definition) is 0. The molecule has 2 aromatic heterocycles. The second kappa shape index (κ2) is 7.89. The van der Waals surface area contributed by atoms with Crippen molar-refractivity contribution < 1.29 is 13.9 Å². The third-order valence-electron chi connectivity index (χ3n) is 6.87. The summed E-state index contributed by atoms with van der Waals surface area (Å²) in [6.45, 7) is 1.20. The predicted octanol–water partition coefficient (Wildman–Crippen LogP) is 2.76. The van der Waals surface area contributed by atoms with Gasteiger partial charge < -0.3 is 14.5 Å². The van der Waals surface area contributed by atoms with E-state index in [2.05, 4.69) is 20.9 Å².